The summed E-state index contributed by atoms with van der Waals surface area (Å²) in [5.74, 6) is 0. The van der Waals surface area contributed by atoms with Crippen molar-refractivity contribution in [2.45, 2.75) is 4.90 Å². The Hall–Kier alpha value is -1.31. The highest BCUT2D eigenvalue weighted by atomic mass is 32.2. The number of primary sulfonamides is 1. The Balaban J connectivity index is 3.17. The zero-order chi connectivity index (χ0) is 11.6. The van der Waals surface area contributed by atoms with E-state index in [1.165, 1.54) is 18.2 Å². The molecule has 0 aliphatic carbocycles. The van der Waals surface area contributed by atoms with Crippen LogP contribution < -0.4 is 16.3 Å². The molecule has 0 radical (unpaired) electrons. The van der Waals surface area contributed by atoms with Crippen molar-refractivity contribution in [2.75, 3.05) is 25.3 Å². The Kier molecular flexibility index (Phi) is 3.18. The van der Waals surface area contributed by atoms with Gasteiger partial charge in [-0.1, -0.05) is 0 Å². The lowest BCUT2D eigenvalue weighted by Crippen LogP contribution is -2.21. The van der Waals surface area contributed by atoms with E-state index >= 15 is 0 Å². The molecule has 0 bridgehead atoms. The number of rotatable bonds is 3. The molecule has 0 aliphatic rings. The van der Waals surface area contributed by atoms with Gasteiger partial charge in [0.1, 0.15) is 0 Å². The molecule has 0 unspecified atom stereocenters. The molecule has 1 aromatic carbocycles. The van der Waals surface area contributed by atoms with Crippen molar-refractivity contribution in [2.24, 2.45) is 5.14 Å². The second-order valence-corrected chi connectivity index (χ2v) is 4.86. The first-order valence-electron chi connectivity index (χ1n) is 4.17. The van der Waals surface area contributed by atoms with E-state index in [1.807, 2.05) is 0 Å². The van der Waals surface area contributed by atoms with Gasteiger partial charge in [0.15, 0.2) is 0 Å². The van der Waals surface area contributed by atoms with E-state index in [4.69, 9.17) is 10.9 Å². The maximum atomic E-state index is 11.1. The zero-order valence-electron chi connectivity index (χ0n) is 8.56. The van der Waals surface area contributed by atoms with Crippen LogP contribution in [0.5, 0.6) is 0 Å². The predicted octanol–water partition coefficient (Wildman–Crippen LogP) is -0.195. The summed E-state index contributed by atoms with van der Waals surface area (Å²) in [6.45, 7) is 0. The SMILES string of the molecule is CN(C)Nc1cc(S(N)(=O)=O)ccc1N. The van der Waals surface area contributed by atoms with E-state index in [2.05, 4.69) is 5.43 Å². The Bertz CT molecular complexity index is 456. The fraction of sp³-hybridized carbons (Fsp3) is 0.250. The second-order valence-electron chi connectivity index (χ2n) is 3.30. The zero-order valence-corrected chi connectivity index (χ0v) is 9.38. The summed E-state index contributed by atoms with van der Waals surface area (Å²) in [6.07, 6.45) is 0. The monoisotopic (exact) mass is 230 g/mol. The number of hydrogen-bond acceptors (Lipinski definition) is 5. The summed E-state index contributed by atoms with van der Waals surface area (Å²) in [4.78, 5) is 0.0288. The van der Waals surface area contributed by atoms with Gasteiger partial charge in [-0.15, -0.1) is 0 Å². The van der Waals surface area contributed by atoms with E-state index in [0.717, 1.165) is 0 Å². The maximum absolute atomic E-state index is 11.1. The van der Waals surface area contributed by atoms with Crippen LogP contribution in [0.4, 0.5) is 11.4 Å². The third-order valence-corrected chi connectivity index (χ3v) is 2.61. The van der Waals surface area contributed by atoms with Crippen LogP contribution in [0, 0.1) is 0 Å². The van der Waals surface area contributed by atoms with Crippen LogP contribution in [0.2, 0.25) is 0 Å². The lowest BCUT2D eigenvalue weighted by Gasteiger charge is -2.15. The van der Waals surface area contributed by atoms with Crippen molar-refractivity contribution in [1.29, 1.82) is 0 Å². The quantitative estimate of drug-likeness (QED) is 0.493. The molecule has 0 aliphatic heterocycles. The lowest BCUT2D eigenvalue weighted by molar-refractivity contribution is 0.495. The normalized spacial score (nSPS) is 11.7. The number of hydrazine groups is 1. The van der Waals surface area contributed by atoms with Crippen LogP contribution >= 0.6 is 0 Å². The number of hydrogen-bond donors (Lipinski definition) is 3. The molecule has 1 rings (SSSR count). The van der Waals surface area contributed by atoms with Gasteiger partial charge < -0.3 is 11.2 Å². The minimum absolute atomic E-state index is 0.0288. The molecule has 84 valence electrons. The van der Waals surface area contributed by atoms with Crippen LogP contribution in [0.25, 0.3) is 0 Å². The Morgan fingerprint density at radius 1 is 1.33 bits per heavy atom. The van der Waals surface area contributed by atoms with Gasteiger partial charge >= 0.3 is 0 Å². The van der Waals surface area contributed by atoms with Gasteiger partial charge in [0.25, 0.3) is 0 Å². The molecule has 5 N–H and O–H groups in total. The summed E-state index contributed by atoms with van der Waals surface area (Å²) in [7, 11) is -0.158. The molecule has 0 fully saturated rings. The van der Waals surface area contributed by atoms with E-state index < -0.39 is 10.0 Å². The van der Waals surface area contributed by atoms with Crippen molar-refractivity contribution >= 4 is 21.4 Å². The largest absolute Gasteiger partial charge is 0.397 e. The highest BCUT2D eigenvalue weighted by Gasteiger charge is 2.10. The Labute approximate surface area is 88.9 Å². The molecule has 15 heavy (non-hydrogen) atoms. The summed E-state index contributed by atoms with van der Waals surface area (Å²) in [5, 5.41) is 6.65. The van der Waals surface area contributed by atoms with Gasteiger partial charge in [0.2, 0.25) is 10.0 Å². The molecule has 0 heterocycles. The molecule has 1 aromatic rings. The van der Waals surface area contributed by atoms with Crippen molar-refractivity contribution < 1.29 is 8.42 Å². The molecular formula is C8H14N4O2S. The van der Waals surface area contributed by atoms with Crippen LogP contribution in [-0.4, -0.2) is 27.5 Å². The van der Waals surface area contributed by atoms with Crippen LogP contribution in [0.3, 0.4) is 0 Å². The summed E-state index contributed by atoms with van der Waals surface area (Å²) in [5.41, 5.74) is 9.49. The van der Waals surface area contributed by atoms with Crippen molar-refractivity contribution in [1.82, 2.24) is 5.01 Å². The lowest BCUT2D eigenvalue weighted by atomic mass is 10.3. The van der Waals surface area contributed by atoms with Crippen LogP contribution in [-0.2, 0) is 10.0 Å². The van der Waals surface area contributed by atoms with Crippen LogP contribution in [0.1, 0.15) is 0 Å². The smallest absolute Gasteiger partial charge is 0.238 e. The molecule has 0 saturated heterocycles. The van der Waals surface area contributed by atoms with Crippen LogP contribution in [0.15, 0.2) is 23.1 Å². The number of anilines is 2. The summed E-state index contributed by atoms with van der Waals surface area (Å²) in [6, 6.07) is 4.25. The number of nitrogen functional groups attached to an aromatic ring is 1. The Morgan fingerprint density at radius 2 is 1.93 bits per heavy atom. The minimum Gasteiger partial charge on any atom is -0.397 e. The highest BCUT2D eigenvalue weighted by Crippen LogP contribution is 2.22. The minimum atomic E-state index is -3.69. The van der Waals surface area contributed by atoms with Gasteiger partial charge in [0, 0.05) is 14.1 Å². The first-order valence-corrected chi connectivity index (χ1v) is 5.71. The molecule has 0 atom stereocenters. The molecular weight excluding hydrogens is 216 g/mol. The van der Waals surface area contributed by atoms with Crippen molar-refractivity contribution in [3.8, 4) is 0 Å². The van der Waals surface area contributed by atoms with Gasteiger partial charge in [-0.05, 0) is 18.2 Å². The topological polar surface area (TPSA) is 101 Å². The van der Waals surface area contributed by atoms with Gasteiger partial charge in [-0.3, -0.25) is 0 Å². The fourth-order valence-electron chi connectivity index (χ4n) is 1.05. The average molecular weight is 230 g/mol. The molecule has 0 amide bonds. The third-order valence-electron chi connectivity index (χ3n) is 1.70. The van der Waals surface area contributed by atoms with Gasteiger partial charge in [-0.25, -0.2) is 18.6 Å². The van der Waals surface area contributed by atoms with E-state index in [9.17, 15) is 8.42 Å². The Morgan fingerprint density at radius 3 is 2.40 bits per heavy atom. The highest BCUT2D eigenvalue weighted by molar-refractivity contribution is 7.89. The second kappa shape index (κ2) is 4.05. The number of benzene rings is 1. The summed E-state index contributed by atoms with van der Waals surface area (Å²) < 4.78 is 22.2. The van der Waals surface area contributed by atoms with Gasteiger partial charge in [-0.2, -0.15) is 0 Å². The number of nitrogens with one attached hydrogen (secondary N) is 1. The van der Waals surface area contributed by atoms with Crippen molar-refractivity contribution in [3.63, 3.8) is 0 Å². The van der Waals surface area contributed by atoms with E-state index in [0.29, 0.717) is 11.4 Å². The van der Waals surface area contributed by atoms with E-state index in [-0.39, 0.29) is 4.90 Å². The predicted molar refractivity (Wildman–Crippen MR) is 59.5 cm³/mol. The number of nitrogens with two attached hydrogens (primary N) is 2. The first-order chi connectivity index (χ1) is 6.80. The molecule has 0 saturated carbocycles. The van der Waals surface area contributed by atoms with Crippen molar-refractivity contribution in [3.05, 3.63) is 18.2 Å². The molecule has 0 spiro atoms. The fourth-order valence-corrected chi connectivity index (χ4v) is 1.59. The summed E-state index contributed by atoms with van der Waals surface area (Å²) >= 11 is 0. The average Bonchev–Trinajstić information content (AvgIpc) is 2.06. The van der Waals surface area contributed by atoms with E-state index in [1.54, 1.807) is 19.1 Å². The molecule has 6 nitrogen and oxygen atoms in total. The molecule has 7 heteroatoms. The first kappa shape index (κ1) is 11.8. The number of nitrogens with zero attached hydrogens (tertiary/aromatic N) is 1. The van der Waals surface area contributed by atoms with Gasteiger partial charge in [0.05, 0.1) is 16.3 Å². The maximum Gasteiger partial charge on any atom is 0.238 e. The number of sulfonamides is 1. The third kappa shape index (κ3) is 3.08. The standard InChI is InChI=1S/C8H14N4O2S/c1-12(2)11-8-5-6(15(10,13)14)3-4-7(8)9/h3-5,11H,9H2,1-2H3,(H2,10,13,14). The molecule has 0 aromatic heterocycles.